The highest BCUT2D eigenvalue weighted by Gasteiger charge is 2.33. The van der Waals surface area contributed by atoms with E-state index in [9.17, 15) is 5.11 Å². The molecule has 5 heteroatoms. The summed E-state index contributed by atoms with van der Waals surface area (Å²) in [5.41, 5.74) is 1.34. The molecule has 0 aromatic heterocycles. The second-order valence-corrected chi connectivity index (χ2v) is 7.73. The van der Waals surface area contributed by atoms with Crippen LogP contribution in [0.25, 0.3) is 0 Å². The van der Waals surface area contributed by atoms with Crippen molar-refractivity contribution in [3.05, 3.63) is 29.8 Å². The second kappa shape index (κ2) is 7.99. The zero-order chi connectivity index (χ0) is 16.2. The average molecular weight is 336 g/mol. The van der Waals surface area contributed by atoms with Gasteiger partial charge in [-0.3, -0.25) is 9.80 Å². The molecule has 3 rings (SSSR count). The molecule has 0 amide bonds. The van der Waals surface area contributed by atoms with Gasteiger partial charge >= 0.3 is 0 Å². The SMILES string of the molecule is CSc1ccc(CN2CC[C@@H](N3CCN(C)CC3)[C@H](O)C2)cc1. The van der Waals surface area contributed by atoms with Crippen LogP contribution in [0.3, 0.4) is 0 Å². The highest BCUT2D eigenvalue weighted by atomic mass is 32.2. The zero-order valence-corrected chi connectivity index (χ0v) is 15.1. The summed E-state index contributed by atoms with van der Waals surface area (Å²) in [6, 6.07) is 9.15. The third kappa shape index (κ3) is 4.48. The van der Waals surface area contributed by atoms with E-state index < -0.39 is 0 Å². The molecule has 0 spiro atoms. The minimum Gasteiger partial charge on any atom is -0.390 e. The van der Waals surface area contributed by atoms with Gasteiger partial charge < -0.3 is 10.0 Å². The molecule has 1 aromatic rings. The number of β-amino-alcohol motifs (C(OH)–C–C–N with tert-alkyl or cyclic N) is 1. The van der Waals surface area contributed by atoms with Crippen molar-refractivity contribution in [2.24, 2.45) is 0 Å². The van der Waals surface area contributed by atoms with Crippen LogP contribution in [0, 0.1) is 0 Å². The number of piperazine rings is 1. The number of likely N-dealkylation sites (N-methyl/N-ethyl adjacent to an activating group) is 1. The molecule has 1 aromatic carbocycles. The lowest BCUT2D eigenvalue weighted by Gasteiger charge is -2.44. The molecular formula is C18H29N3OS. The molecule has 2 aliphatic heterocycles. The van der Waals surface area contributed by atoms with Gasteiger partial charge in [-0.25, -0.2) is 0 Å². The lowest BCUT2D eigenvalue weighted by molar-refractivity contribution is -0.0286. The van der Waals surface area contributed by atoms with E-state index in [2.05, 4.69) is 52.3 Å². The van der Waals surface area contributed by atoms with Gasteiger partial charge in [-0.2, -0.15) is 0 Å². The Morgan fingerprint density at radius 2 is 1.78 bits per heavy atom. The van der Waals surface area contributed by atoms with Gasteiger partial charge in [-0.1, -0.05) is 12.1 Å². The Morgan fingerprint density at radius 3 is 2.39 bits per heavy atom. The van der Waals surface area contributed by atoms with Gasteiger partial charge in [0.2, 0.25) is 0 Å². The fourth-order valence-electron chi connectivity index (χ4n) is 3.70. The normalized spacial score (nSPS) is 28.1. The molecule has 0 radical (unpaired) electrons. The van der Waals surface area contributed by atoms with Gasteiger partial charge in [0.25, 0.3) is 0 Å². The topological polar surface area (TPSA) is 30.0 Å². The number of aliphatic hydroxyl groups excluding tert-OH is 1. The monoisotopic (exact) mass is 335 g/mol. The quantitative estimate of drug-likeness (QED) is 0.844. The summed E-state index contributed by atoms with van der Waals surface area (Å²) in [7, 11) is 2.18. The fraction of sp³-hybridized carbons (Fsp3) is 0.667. The Balaban J connectivity index is 1.51. The van der Waals surface area contributed by atoms with E-state index in [1.807, 2.05) is 0 Å². The van der Waals surface area contributed by atoms with E-state index in [0.717, 1.165) is 52.2 Å². The smallest absolute Gasteiger partial charge is 0.0822 e. The van der Waals surface area contributed by atoms with Gasteiger partial charge in [-0.15, -0.1) is 11.8 Å². The first-order valence-electron chi connectivity index (χ1n) is 8.61. The molecule has 0 unspecified atom stereocenters. The van der Waals surface area contributed by atoms with Crippen molar-refractivity contribution in [2.45, 2.75) is 30.0 Å². The van der Waals surface area contributed by atoms with Crippen molar-refractivity contribution >= 4 is 11.8 Å². The number of aliphatic hydroxyl groups is 1. The Labute approximate surface area is 144 Å². The number of thioether (sulfide) groups is 1. The van der Waals surface area contributed by atoms with Crippen LogP contribution < -0.4 is 0 Å². The fourth-order valence-corrected chi connectivity index (χ4v) is 4.11. The van der Waals surface area contributed by atoms with E-state index in [1.54, 1.807) is 11.8 Å². The summed E-state index contributed by atoms with van der Waals surface area (Å²) in [5, 5.41) is 10.6. The zero-order valence-electron chi connectivity index (χ0n) is 14.3. The molecule has 23 heavy (non-hydrogen) atoms. The third-order valence-electron chi connectivity index (χ3n) is 5.20. The second-order valence-electron chi connectivity index (χ2n) is 6.85. The van der Waals surface area contributed by atoms with Gasteiger partial charge in [0.1, 0.15) is 0 Å². The van der Waals surface area contributed by atoms with E-state index >= 15 is 0 Å². The lowest BCUT2D eigenvalue weighted by atomic mass is 9.98. The van der Waals surface area contributed by atoms with Crippen molar-refractivity contribution in [1.29, 1.82) is 0 Å². The van der Waals surface area contributed by atoms with Crippen molar-refractivity contribution in [3.63, 3.8) is 0 Å². The summed E-state index contributed by atoms with van der Waals surface area (Å²) in [6.45, 7) is 7.24. The molecule has 2 heterocycles. The molecule has 2 saturated heterocycles. The molecule has 2 atom stereocenters. The van der Waals surface area contributed by atoms with Crippen LogP contribution in [0.2, 0.25) is 0 Å². The van der Waals surface area contributed by atoms with E-state index in [1.165, 1.54) is 10.5 Å². The molecular weight excluding hydrogens is 306 g/mol. The first-order chi connectivity index (χ1) is 11.2. The standard InChI is InChI=1S/C18H29N3OS/c1-19-9-11-21(12-10-19)17-7-8-20(14-18(17)22)13-15-3-5-16(23-2)6-4-15/h3-6,17-18,22H,7-14H2,1-2H3/t17-,18-/m1/s1. The van der Waals surface area contributed by atoms with Crippen LogP contribution in [0.15, 0.2) is 29.2 Å². The van der Waals surface area contributed by atoms with Crippen molar-refractivity contribution in [1.82, 2.24) is 14.7 Å². The van der Waals surface area contributed by atoms with E-state index in [4.69, 9.17) is 0 Å². The Hall–Kier alpha value is -0.590. The number of rotatable bonds is 4. The molecule has 2 fully saturated rings. The molecule has 1 N–H and O–H groups in total. The minimum atomic E-state index is -0.224. The molecule has 4 nitrogen and oxygen atoms in total. The molecule has 0 aliphatic carbocycles. The Kier molecular flexibility index (Phi) is 5.99. The summed E-state index contributed by atoms with van der Waals surface area (Å²) in [5.74, 6) is 0. The predicted octanol–water partition coefficient (Wildman–Crippen LogP) is 1.59. The van der Waals surface area contributed by atoms with Gasteiger partial charge in [-0.05, 0) is 37.4 Å². The number of benzene rings is 1. The lowest BCUT2D eigenvalue weighted by Crippen LogP contribution is -2.58. The van der Waals surface area contributed by atoms with Gasteiger partial charge in [0.05, 0.1) is 6.10 Å². The number of piperidine rings is 1. The van der Waals surface area contributed by atoms with Crippen molar-refractivity contribution in [3.8, 4) is 0 Å². The largest absolute Gasteiger partial charge is 0.390 e. The average Bonchev–Trinajstić information content (AvgIpc) is 2.57. The van der Waals surface area contributed by atoms with Crippen LogP contribution in [-0.4, -0.2) is 84.5 Å². The van der Waals surface area contributed by atoms with Crippen LogP contribution >= 0.6 is 11.8 Å². The van der Waals surface area contributed by atoms with E-state index in [0.29, 0.717) is 6.04 Å². The third-order valence-corrected chi connectivity index (χ3v) is 5.95. The van der Waals surface area contributed by atoms with Gasteiger partial charge in [0, 0.05) is 56.8 Å². The minimum absolute atomic E-state index is 0.224. The van der Waals surface area contributed by atoms with Crippen molar-refractivity contribution in [2.75, 3.05) is 52.6 Å². The molecule has 0 bridgehead atoms. The predicted molar refractivity (Wildman–Crippen MR) is 97.0 cm³/mol. The summed E-state index contributed by atoms with van der Waals surface area (Å²) < 4.78 is 0. The maximum atomic E-state index is 10.6. The molecule has 2 aliphatic rings. The van der Waals surface area contributed by atoms with Crippen LogP contribution in [0.5, 0.6) is 0 Å². The Bertz CT molecular complexity index is 488. The first kappa shape index (κ1) is 17.2. The summed E-state index contributed by atoms with van der Waals surface area (Å²) >= 11 is 1.78. The molecule has 128 valence electrons. The number of likely N-dealkylation sites (tertiary alicyclic amines) is 1. The first-order valence-corrected chi connectivity index (χ1v) is 9.84. The van der Waals surface area contributed by atoms with Crippen molar-refractivity contribution < 1.29 is 5.11 Å². The van der Waals surface area contributed by atoms with Crippen LogP contribution in [0.4, 0.5) is 0 Å². The Morgan fingerprint density at radius 1 is 1.09 bits per heavy atom. The van der Waals surface area contributed by atoms with Crippen LogP contribution in [0.1, 0.15) is 12.0 Å². The number of hydrogen-bond acceptors (Lipinski definition) is 5. The van der Waals surface area contributed by atoms with Crippen LogP contribution in [-0.2, 0) is 6.54 Å². The number of hydrogen-bond donors (Lipinski definition) is 1. The highest BCUT2D eigenvalue weighted by molar-refractivity contribution is 7.98. The molecule has 0 saturated carbocycles. The van der Waals surface area contributed by atoms with E-state index in [-0.39, 0.29) is 6.10 Å². The van der Waals surface area contributed by atoms with Gasteiger partial charge in [0.15, 0.2) is 0 Å². The summed E-state index contributed by atoms with van der Waals surface area (Å²) in [6.07, 6.45) is 2.96. The maximum absolute atomic E-state index is 10.6. The maximum Gasteiger partial charge on any atom is 0.0822 e. The number of nitrogens with zero attached hydrogens (tertiary/aromatic N) is 3. The summed E-state index contributed by atoms with van der Waals surface area (Å²) in [4.78, 5) is 8.57. The highest BCUT2D eigenvalue weighted by Crippen LogP contribution is 2.21.